The molecule has 0 bridgehead atoms. The van der Waals surface area contributed by atoms with Crippen molar-refractivity contribution < 1.29 is 4.79 Å². The highest BCUT2D eigenvalue weighted by Crippen LogP contribution is 2.49. The van der Waals surface area contributed by atoms with Crippen LogP contribution in [0.4, 0.5) is 0 Å². The lowest BCUT2D eigenvalue weighted by Gasteiger charge is -2.27. The number of rotatable bonds is 3. The number of hydrogen-bond donors (Lipinski definition) is 2. The highest BCUT2D eigenvalue weighted by Gasteiger charge is 2.47. The average molecular weight is 264 g/mol. The molecule has 2 atom stereocenters. The largest absolute Gasteiger partial charge is 0.353 e. The summed E-state index contributed by atoms with van der Waals surface area (Å²) in [5.41, 5.74) is 5.91. The maximum atomic E-state index is 12.3. The molecule has 3 fully saturated rings. The van der Waals surface area contributed by atoms with Crippen LogP contribution in [0.25, 0.3) is 0 Å². The molecule has 1 amide bonds. The highest BCUT2D eigenvalue weighted by molar-refractivity contribution is 5.81. The van der Waals surface area contributed by atoms with Crippen LogP contribution >= 0.6 is 0 Å². The predicted molar refractivity (Wildman–Crippen MR) is 76.5 cm³/mol. The van der Waals surface area contributed by atoms with Gasteiger partial charge in [-0.15, -0.1) is 0 Å². The van der Waals surface area contributed by atoms with E-state index in [2.05, 4.69) is 5.32 Å². The van der Waals surface area contributed by atoms with E-state index >= 15 is 0 Å². The van der Waals surface area contributed by atoms with Crippen molar-refractivity contribution in [2.45, 2.75) is 76.3 Å². The first kappa shape index (κ1) is 13.4. The van der Waals surface area contributed by atoms with Crippen LogP contribution in [0, 0.1) is 17.8 Å². The molecule has 0 aromatic rings. The topological polar surface area (TPSA) is 55.1 Å². The summed E-state index contributed by atoms with van der Waals surface area (Å²) in [6, 6.07) is 0.768. The first-order valence-corrected chi connectivity index (χ1v) is 8.30. The first-order valence-electron chi connectivity index (χ1n) is 8.30. The molecule has 3 N–H and O–H groups in total. The third-order valence-electron chi connectivity index (χ3n) is 5.55. The molecule has 0 saturated heterocycles. The average Bonchev–Trinajstić information content (AvgIpc) is 3.23. The van der Waals surface area contributed by atoms with E-state index in [0.29, 0.717) is 29.8 Å². The van der Waals surface area contributed by atoms with Crippen molar-refractivity contribution in [1.82, 2.24) is 5.32 Å². The van der Waals surface area contributed by atoms with Crippen LogP contribution in [0.1, 0.15) is 64.2 Å². The Morgan fingerprint density at radius 1 is 0.947 bits per heavy atom. The van der Waals surface area contributed by atoms with Gasteiger partial charge < -0.3 is 11.1 Å². The molecule has 3 nitrogen and oxygen atoms in total. The molecule has 3 rings (SSSR count). The van der Waals surface area contributed by atoms with Gasteiger partial charge in [0.05, 0.1) is 0 Å². The number of nitrogens with two attached hydrogens (primary N) is 1. The fourth-order valence-electron chi connectivity index (χ4n) is 4.17. The van der Waals surface area contributed by atoms with E-state index in [9.17, 15) is 4.79 Å². The maximum absolute atomic E-state index is 12.3. The van der Waals surface area contributed by atoms with E-state index in [1.807, 2.05) is 0 Å². The fourth-order valence-corrected chi connectivity index (χ4v) is 4.17. The van der Waals surface area contributed by atoms with Crippen molar-refractivity contribution in [1.29, 1.82) is 0 Å². The zero-order chi connectivity index (χ0) is 13.2. The second-order valence-electron chi connectivity index (χ2n) is 7.02. The van der Waals surface area contributed by atoms with Crippen molar-refractivity contribution in [3.05, 3.63) is 0 Å². The minimum absolute atomic E-state index is 0.344. The van der Waals surface area contributed by atoms with Crippen LogP contribution < -0.4 is 11.1 Å². The van der Waals surface area contributed by atoms with E-state index in [1.165, 1.54) is 32.1 Å². The molecule has 2 unspecified atom stereocenters. The summed E-state index contributed by atoms with van der Waals surface area (Å²) in [5, 5.41) is 3.28. The van der Waals surface area contributed by atoms with E-state index in [-0.39, 0.29) is 0 Å². The Kier molecular flexibility index (Phi) is 4.11. The smallest absolute Gasteiger partial charge is 0.223 e. The molecule has 19 heavy (non-hydrogen) atoms. The Hall–Kier alpha value is -0.570. The van der Waals surface area contributed by atoms with E-state index < -0.39 is 0 Å². The van der Waals surface area contributed by atoms with Gasteiger partial charge in [0.2, 0.25) is 5.91 Å². The minimum atomic E-state index is 0.344. The molecule has 0 aromatic heterocycles. The second-order valence-corrected chi connectivity index (χ2v) is 7.02. The third kappa shape index (κ3) is 3.31. The summed E-state index contributed by atoms with van der Waals surface area (Å²) in [4.78, 5) is 12.3. The van der Waals surface area contributed by atoms with Crippen LogP contribution in [0.2, 0.25) is 0 Å². The van der Waals surface area contributed by atoms with Gasteiger partial charge in [0.15, 0.2) is 0 Å². The van der Waals surface area contributed by atoms with E-state index in [0.717, 1.165) is 38.0 Å². The predicted octanol–water partition coefficient (Wildman–Crippen LogP) is 2.59. The van der Waals surface area contributed by atoms with Gasteiger partial charge in [-0.25, -0.2) is 0 Å². The van der Waals surface area contributed by atoms with Gasteiger partial charge in [0.1, 0.15) is 0 Å². The van der Waals surface area contributed by atoms with E-state index in [1.54, 1.807) is 0 Å². The maximum Gasteiger partial charge on any atom is 0.223 e. The Morgan fingerprint density at radius 2 is 1.63 bits per heavy atom. The molecule has 0 heterocycles. The molecule has 3 aliphatic carbocycles. The monoisotopic (exact) mass is 264 g/mol. The van der Waals surface area contributed by atoms with E-state index in [4.69, 9.17) is 5.73 Å². The molecular formula is C16H28N2O. The lowest BCUT2D eigenvalue weighted by atomic mass is 9.85. The summed E-state index contributed by atoms with van der Waals surface area (Å²) < 4.78 is 0. The van der Waals surface area contributed by atoms with Crippen molar-refractivity contribution in [3.63, 3.8) is 0 Å². The molecule has 0 aromatic carbocycles. The Balaban J connectivity index is 1.42. The molecule has 3 heteroatoms. The Labute approximate surface area is 116 Å². The van der Waals surface area contributed by atoms with Crippen molar-refractivity contribution >= 4 is 5.91 Å². The quantitative estimate of drug-likeness (QED) is 0.823. The van der Waals surface area contributed by atoms with Gasteiger partial charge in [0.25, 0.3) is 0 Å². The second kappa shape index (κ2) is 5.82. The molecule has 3 aliphatic rings. The fraction of sp³-hybridized carbons (Fsp3) is 0.938. The number of carbonyl (C=O) groups excluding carboxylic acids is 1. The highest BCUT2D eigenvalue weighted by atomic mass is 16.2. The van der Waals surface area contributed by atoms with Gasteiger partial charge in [-0.05, 0) is 43.9 Å². The summed E-state index contributed by atoms with van der Waals surface area (Å²) in [6.45, 7) is 0. The Bertz CT molecular complexity index is 317. The van der Waals surface area contributed by atoms with Gasteiger partial charge in [-0.2, -0.15) is 0 Å². The zero-order valence-corrected chi connectivity index (χ0v) is 11.9. The van der Waals surface area contributed by atoms with Crippen LogP contribution in [-0.4, -0.2) is 18.0 Å². The summed E-state index contributed by atoms with van der Waals surface area (Å²) in [7, 11) is 0. The normalized spacial score (nSPS) is 39.8. The van der Waals surface area contributed by atoms with Crippen molar-refractivity contribution in [3.8, 4) is 0 Å². The van der Waals surface area contributed by atoms with Crippen LogP contribution in [0.3, 0.4) is 0 Å². The van der Waals surface area contributed by atoms with Crippen molar-refractivity contribution in [2.24, 2.45) is 23.5 Å². The third-order valence-corrected chi connectivity index (χ3v) is 5.55. The number of hydrogen-bond acceptors (Lipinski definition) is 2. The van der Waals surface area contributed by atoms with Crippen LogP contribution in [0.15, 0.2) is 0 Å². The zero-order valence-electron chi connectivity index (χ0n) is 11.9. The Morgan fingerprint density at radius 3 is 2.32 bits per heavy atom. The standard InChI is InChI=1S/C16H28N2O/c17-12-6-8-13(9-7-12)18-16(19)15-10-14(15)11-4-2-1-3-5-11/h11-15H,1-10,17H2,(H,18,19). The van der Waals surface area contributed by atoms with Crippen molar-refractivity contribution in [2.75, 3.05) is 0 Å². The number of nitrogens with one attached hydrogen (secondary N) is 1. The van der Waals surface area contributed by atoms with Crippen LogP contribution in [-0.2, 0) is 4.79 Å². The van der Waals surface area contributed by atoms with Gasteiger partial charge in [-0.1, -0.05) is 32.1 Å². The number of amides is 1. The lowest BCUT2D eigenvalue weighted by Crippen LogP contribution is -2.41. The number of carbonyl (C=O) groups is 1. The first-order chi connectivity index (χ1) is 9.24. The SMILES string of the molecule is NC1CCC(NC(=O)C2CC2C2CCCCC2)CC1. The molecule has 0 radical (unpaired) electrons. The molecular weight excluding hydrogens is 236 g/mol. The van der Waals surface area contributed by atoms with Crippen LogP contribution in [0.5, 0.6) is 0 Å². The lowest BCUT2D eigenvalue weighted by molar-refractivity contribution is -0.123. The molecule has 0 aliphatic heterocycles. The molecule has 108 valence electrons. The summed E-state index contributed by atoms with van der Waals surface area (Å²) in [6.07, 6.45) is 12.4. The van der Waals surface area contributed by atoms with Gasteiger partial charge in [0, 0.05) is 18.0 Å². The van der Waals surface area contributed by atoms with Gasteiger partial charge >= 0.3 is 0 Å². The van der Waals surface area contributed by atoms with Gasteiger partial charge in [-0.3, -0.25) is 4.79 Å². The summed E-state index contributed by atoms with van der Waals surface area (Å²) >= 11 is 0. The summed E-state index contributed by atoms with van der Waals surface area (Å²) in [5.74, 6) is 2.25. The minimum Gasteiger partial charge on any atom is -0.353 e. The molecule has 3 saturated carbocycles. The molecule has 0 spiro atoms.